The van der Waals surface area contributed by atoms with Crippen LogP contribution in [0, 0.1) is 35.5 Å². The van der Waals surface area contributed by atoms with E-state index in [-0.39, 0.29) is 0 Å². The zero-order valence-corrected chi connectivity index (χ0v) is 16.2. The van der Waals surface area contributed by atoms with E-state index < -0.39 is 0 Å². The van der Waals surface area contributed by atoms with Gasteiger partial charge in [-0.05, 0) is 61.2 Å². The Morgan fingerprint density at radius 3 is 0.958 bits per heavy atom. The maximum absolute atomic E-state index is 1.61. The first kappa shape index (κ1) is 17.4. The third-order valence-electron chi connectivity index (χ3n) is 8.81. The second-order valence-corrected chi connectivity index (χ2v) is 10.0. The molecule has 0 heteroatoms. The largest absolute Gasteiger partial charge is 0.0533 e. The molecule has 6 unspecified atom stereocenters. The summed E-state index contributed by atoms with van der Waals surface area (Å²) in [5, 5.41) is 0. The number of fused-ring (bicyclic) bond motifs is 5. The fourth-order valence-corrected chi connectivity index (χ4v) is 7.73. The van der Waals surface area contributed by atoms with Gasteiger partial charge in [0, 0.05) is 0 Å². The monoisotopic (exact) mass is 330 g/mol. The van der Waals surface area contributed by atoms with Crippen molar-refractivity contribution < 1.29 is 0 Å². The molecule has 0 radical (unpaired) electrons. The molecule has 4 rings (SSSR count). The molecule has 24 heavy (non-hydrogen) atoms. The minimum atomic E-state index is 1.12. The van der Waals surface area contributed by atoms with Crippen LogP contribution in [0.1, 0.15) is 116 Å². The van der Waals surface area contributed by atoms with E-state index in [1.54, 1.807) is 103 Å². The van der Waals surface area contributed by atoms with E-state index in [2.05, 4.69) is 0 Å². The molecule has 0 amide bonds. The van der Waals surface area contributed by atoms with Crippen LogP contribution in [0.2, 0.25) is 0 Å². The summed E-state index contributed by atoms with van der Waals surface area (Å²) in [7, 11) is 0. The van der Waals surface area contributed by atoms with Crippen LogP contribution in [-0.2, 0) is 0 Å². The van der Waals surface area contributed by atoms with Crippen molar-refractivity contribution in [3.05, 3.63) is 0 Å². The van der Waals surface area contributed by atoms with Gasteiger partial charge in [-0.3, -0.25) is 0 Å². The summed E-state index contributed by atoms with van der Waals surface area (Å²) in [4.78, 5) is 0. The normalized spacial score (nSPS) is 45.0. The Hall–Kier alpha value is 0. The summed E-state index contributed by atoms with van der Waals surface area (Å²) in [6.45, 7) is 0. The van der Waals surface area contributed by atoms with Gasteiger partial charge in [0.2, 0.25) is 0 Å². The summed E-state index contributed by atoms with van der Waals surface area (Å²) >= 11 is 0. The average molecular weight is 331 g/mol. The average Bonchev–Trinajstić information content (AvgIpc) is 2.64. The summed E-state index contributed by atoms with van der Waals surface area (Å²) in [6, 6.07) is 0. The first-order valence-electron chi connectivity index (χ1n) is 11.9. The first-order valence-corrected chi connectivity index (χ1v) is 11.9. The minimum absolute atomic E-state index is 1.12. The molecule has 4 saturated carbocycles. The van der Waals surface area contributed by atoms with Crippen LogP contribution in [0.4, 0.5) is 0 Å². The molecule has 0 aromatic rings. The fourth-order valence-electron chi connectivity index (χ4n) is 7.73. The molecule has 0 bridgehead atoms. The third kappa shape index (κ3) is 3.88. The number of hydrogen-bond acceptors (Lipinski definition) is 0. The molecule has 0 nitrogen and oxygen atoms in total. The van der Waals surface area contributed by atoms with Gasteiger partial charge in [0.15, 0.2) is 0 Å². The van der Waals surface area contributed by atoms with Crippen LogP contribution in [-0.4, -0.2) is 0 Å². The standard InChI is InChI=1S/C24H42/c1-2-4-12-20-14-6-8-16-22(20)24-18-10-9-17-23(24)21-15-7-5-13-19(21)11-3-1/h19-24H,1-18H2. The second-order valence-electron chi connectivity index (χ2n) is 10.0. The number of rotatable bonds is 0. The molecule has 0 spiro atoms. The topological polar surface area (TPSA) is 0 Å². The van der Waals surface area contributed by atoms with Gasteiger partial charge in [0.1, 0.15) is 0 Å². The molecule has 4 aliphatic rings. The SMILES string of the molecule is C1CCCC2CCCCC2C2CCCCC2C2CCCCC2CC1. The lowest BCUT2D eigenvalue weighted by molar-refractivity contribution is 0.0112. The Morgan fingerprint density at radius 1 is 0.250 bits per heavy atom. The van der Waals surface area contributed by atoms with E-state index in [0.717, 1.165) is 35.5 Å². The van der Waals surface area contributed by atoms with Crippen molar-refractivity contribution in [2.75, 3.05) is 0 Å². The molecule has 0 aromatic carbocycles. The quantitative estimate of drug-likeness (QED) is 0.425. The molecule has 138 valence electrons. The molecular formula is C24H42. The molecular weight excluding hydrogens is 288 g/mol. The van der Waals surface area contributed by atoms with Gasteiger partial charge in [-0.25, -0.2) is 0 Å². The van der Waals surface area contributed by atoms with Crippen molar-refractivity contribution >= 4 is 0 Å². The number of hydrogen-bond donors (Lipinski definition) is 0. The Labute approximate surface area is 151 Å². The fraction of sp³-hybridized carbons (Fsp3) is 1.00. The molecule has 0 N–H and O–H groups in total. The molecule has 0 saturated heterocycles. The van der Waals surface area contributed by atoms with Crippen LogP contribution >= 0.6 is 0 Å². The lowest BCUT2D eigenvalue weighted by atomic mass is 9.56. The van der Waals surface area contributed by atoms with Crippen molar-refractivity contribution in [1.29, 1.82) is 0 Å². The lowest BCUT2D eigenvalue weighted by Crippen LogP contribution is -2.40. The van der Waals surface area contributed by atoms with Crippen molar-refractivity contribution in [2.24, 2.45) is 35.5 Å². The van der Waals surface area contributed by atoms with E-state index in [4.69, 9.17) is 0 Å². The van der Waals surface area contributed by atoms with Crippen molar-refractivity contribution in [3.63, 3.8) is 0 Å². The van der Waals surface area contributed by atoms with Gasteiger partial charge < -0.3 is 0 Å². The maximum Gasteiger partial charge on any atom is -0.0352 e. The predicted molar refractivity (Wildman–Crippen MR) is 104 cm³/mol. The highest BCUT2D eigenvalue weighted by Crippen LogP contribution is 2.52. The molecule has 6 atom stereocenters. The Morgan fingerprint density at radius 2 is 0.542 bits per heavy atom. The van der Waals surface area contributed by atoms with Crippen LogP contribution in [0.25, 0.3) is 0 Å². The van der Waals surface area contributed by atoms with Crippen LogP contribution in [0.15, 0.2) is 0 Å². The van der Waals surface area contributed by atoms with E-state index in [9.17, 15) is 0 Å². The Kier molecular flexibility index (Phi) is 6.23. The van der Waals surface area contributed by atoms with E-state index >= 15 is 0 Å². The third-order valence-corrected chi connectivity index (χ3v) is 8.81. The van der Waals surface area contributed by atoms with Gasteiger partial charge in [-0.2, -0.15) is 0 Å². The second kappa shape index (κ2) is 8.59. The van der Waals surface area contributed by atoms with Gasteiger partial charge in [-0.15, -0.1) is 0 Å². The van der Waals surface area contributed by atoms with Gasteiger partial charge in [0.25, 0.3) is 0 Å². The summed E-state index contributed by atoms with van der Waals surface area (Å²) in [5.41, 5.74) is 0. The Bertz CT molecular complexity index is 336. The van der Waals surface area contributed by atoms with E-state index in [1.165, 1.54) is 12.8 Å². The zero-order valence-electron chi connectivity index (χ0n) is 16.2. The first-order chi connectivity index (χ1) is 11.9. The molecule has 4 aliphatic carbocycles. The smallest absolute Gasteiger partial charge is 0.0352 e. The van der Waals surface area contributed by atoms with Crippen LogP contribution in [0.3, 0.4) is 0 Å². The molecule has 0 aromatic heterocycles. The summed E-state index contributed by atoms with van der Waals surface area (Å²) < 4.78 is 0. The highest BCUT2D eigenvalue weighted by molar-refractivity contribution is 4.92. The van der Waals surface area contributed by atoms with Gasteiger partial charge in [-0.1, -0.05) is 89.9 Å². The maximum atomic E-state index is 1.61. The lowest BCUT2D eigenvalue weighted by Gasteiger charge is -2.49. The van der Waals surface area contributed by atoms with Gasteiger partial charge in [0.05, 0.1) is 0 Å². The summed E-state index contributed by atoms with van der Waals surface area (Å²) in [5.74, 6) is 6.76. The van der Waals surface area contributed by atoms with Crippen molar-refractivity contribution in [1.82, 2.24) is 0 Å². The van der Waals surface area contributed by atoms with Crippen molar-refractivity contribution in [3.8, 4) is 0 Å². The van der Waals surface area contributed by atoms with Gasteiger partial charge >= 0.3 is 0 Å². The minimum Gasteiger partial charge on any atom is -0.0533 e. The van der Waals surface area contributed by atoms with Crippen molar-refractivity contribution in [2.45, 2.75) is 116 Å². The predicted octanol–water partition coefficient (Wildman–Crippen LogP) is 7.76. The zero-order chi connectivity index (χ0) is 16.2. The van der Waals surface area contributed by atoms with E-state index in [0.29, 0.717) is 0 Å². The van der Waals surface area contributed by atoms with Crippen LogP contribution < -0.4 is 0 Å². The molecule has 0 heterocycles. The summed E-state index contributed by atoms with van der Waals surface area (Å²) in [6.07, 6.45) is 28.2. The molecule has 0 aliphatic heterocycles. The Balaban J connectivity index is 1.57. The highest BCUT2D eigenvalue weighted by atomic mass is 14.5. The van der Waals surface area contributed by atoms with Crippen LogP contribution in [0.5, 0.6) is 0 Å². The highest BCUT2D eigenvalue weighted by Gasteiger charge is 2.42. The molecule has 4 fully saturated rings. The van der Waals surface area contributed by atoms with E-state index in [1.807, 2.05) is 0 Å².